The van der Waals surface area contributed by atoms with Gasteiger partial charge in [-0.15, -0.1) is 0 Å². The van der Waals surface area contributed by atoms with E-state index in [0.29, 0.717) is 39.6 Å². The maximum absolute atomic E-state index is 13.9. The number of anilines is 1. The van der Waals surface area contributed by atoms with Gasteiger partial charge < -0.3 is 9.84 Å². The molecule has 1 N–H and O–H groups in total. The SMILES string of the molecule is CCCOc1cccc(/C(O)=C2\C(=O)C(=O)N(c3nc4ccc(F)cc4s3)C2c2ccc(C(C)C)cc2)c1. The van der Waals surface area contributed by atoms with Gasteiger partial charge in [0.25, 0.3) is 5.78 Å². The fourth-order valence-corrected chi connectivity index (χ4v) is 5.52. The Kier molecular flexibility index (Phi) is 6.99. The molecule has 4 aromatic rings. The van der Waals surface area contributed by atoms with Crippen LogP contribution in [0.4, 0.5) is 9.52 Å². The molecule has 2 heterocycles. The molecule has 1 amide bonds. The number of rotatable bonds is 7. The molecular formula is C30H27FN2O4S. The minimum Gasteiger partial charge on any atom is -0.507 e. The number of hydrogen-bond donors (Lipinski definition) is 1. The molecule has 3 aromatic carbocycles. The molecule has 194 valence electrons. The highest BCUT2D eigenvalue weighted by atomic mass is 32.1. The number of Topliss-reactive ketones (excluding diaryl/α,β-unsaturated/α-hetero) is 1. The summed E-state index contributed by atoms with van der Waals surface area (Å²) in [5.74, 6) is -1.48. The van der Waals surface area contributed by atoms with Crippen LogP contribution in [-0.4, -0.2) is 28.4 Å². The first-order chi connectivity index (χ1) is 18.3. The highest BCUT2D eigenvalue weighted by molar-refractivity contribution is 7.22. The average Bonchev–Trinajstić information content (AvgIpc) is 3.44. The van der Waals surface area contributed by atoms with Gasteiger partial charge >= 0.3 is 5.91 Å². The van der Waals surface area contributed by atoms with Gasteiger partial charge in [-0.1, -0.05) is 68.5 Å². The van der Waals surface area contributed by atoms with Crippen molar-refractivity contribution in [3.63, 3.8) is 0 Å². The van der Waals surface area contributed by atoms with E-state index in [1.165, 1.54) is 23.1 Å². The molecule has 0 bridgehead atoms. The zero-order valence-corrected chi connectivity index (χ0v) is 22.1. The Morgan fingerprint density at radius 2 is 1.87 bits per heavy atom. The number of carbonyl (C=O) groups excluding carboxylic acids is 2. The minimum atomic E-state index is -0.915. The molecule has 0 radical (unpaired) electrons. The van der Waals surface area contributed by atoms with E-state index in [0.717, 1.165) is 23.3 Å². The molecule has 6 nitrogen and oxygen atoms in total. The summed E-state index contributed by atoms with van der Waals surface area (Å²) < 4.78 is 20.1. The molecule has 0 spiro atoms. The normalized spacial score (nSPS) is 17.1. The van der Waals surface area contributed by atoms with Crippen molar-refractivity contribution in [3.05, 3.63) is 94.8 Å². The van der Waals surface area contributed by atoms with Crippen LogP contribution < -0.4 is 9.64 Å². The van der Waals surface area contributed by atoms with Crippen molar-refractivity contribution in [1.29, 1.82) is 0 Å². The van der Waals surface area contributed by atoms with Crippen LogP contribution in [-0.2, 0) is 9.59 Å². The number of aliphatic hydroxyl groups is 1. The third kappa shape index (κ3) is 4.67. The summed E-state index contributed by atoms with van der Waals surface area (Å²) in [6, 6.07) is 17.7. The summed E-state index contributed by atoms with van der Waals surface area (Å²) >= 11 is 1.12. The lowest BCUT2D eigenvalue weighted by atomic mass is 9.93. The molecule has 1 aliphatic rings. The van der Waals surface area contributed by atoms with E-state index in [-0.39, 0.29) is 16.5 Å². The van der Waals surface area contributed by atoms with Crippen molar-refractivity contribution in [2.75, 3.05) is 11.5 Å². The number of benzene rings is 3. The number of hydrogen-bond acceptors (Lipinski definition) is 6. The molecule has 1 unspecified atom stereocenters. The van der Waals surface area contributed by atoms with Crippen LogP contribution in [0, 0.1) is 5.82 Å². The van der Waals surface area contributed by atoms with Crippen LogP contribution >= 0.6 is 11.3 Å². The second kappa shape index (κ2) is 10.4. The van der Waals surface area contributed by atoms with Crippen molar-refractivity contribution in [1.82, 2.24) is 4.98 Å². The van der Waals surface area contributed by atoms with Gasteiger partial charge in [0.05, 0.1) is 28.4 Å². The number of nitrogens with zero attached hydrogens (tertiary/aromatic N) is 2. The third-order valence-corrected chi connectivity index (χ3v) is 7.51. The predicted octanol–water partition coefficient (Wildman–Crippen LogP) is 6.97. The number of thiazole rings is 1. The smallest absolute Gasteiger partial charge is 0.301 e. The fourth-order valence-electron chi connectivity index (χ4n) is 4.51. The number of halogens is 1. The van der Waals surface area contributed by atoms with E-state index in [9.17, 15) is 19.1 Å². The molecule has 0 saturated carbocycles. The molecule has 8 heteroatoms. The molecule has 1 aliphatic heterocycles. The number of aromatic nitrogens is 1. The fraction of sp³-hybridized carbons (Fsp3) is 0.233. The largest absolute Gasteiger partial charge is 0.507 e. The van der Waals surface area contributed by atoms with E-state index in [1.54, 1.807) is 24.3 Å². The summed E-state index contributed by atoms with van der Waals surface area (Å²) in [5.41, 5.74) is 2.60. The monoisotopic (exact) mass is 530 g/mol. The van der Waals surface area contributed by atoms with Gasteiger partial charge in [-0.25, -0.2) is 9.37 Å². The number of aliphatic hydroxyl groups excluding tert-OH is 1. The van der Waals surface area contributed by atoms with Crippen molar-refractivity contribution < 1.29 is 23.8 Å². The van der Waals surface area contributed by atoms with Crippen LogP contribution in [0.25, 0.3) is 16.0 Å². The van der Waals surface area contributed by atoms with Crippen LogP contribution in [0.1, 0.15) is 55.8 Å². The Morgan fingerprint density at radius 1 is 1.11 bits per heavy atom. The lowest BCUT2D eigenvalue weighted by Crippen LogP contribution is -2.29. The minimum absolute atomic E-state index is 0.0367. The molecule has 38 heavy (non-hydrogen) atoms. The summed E-state index contributed by atoms with van der Waals surface area (Å²) in [6.45, 7) is 6.66. The molecular weight excluding hydrogens is 503 g/mol. The Hall–Kier alpha value is -4.04. The predicted molar refractivity (Wildman–Crippen MR) is 147 cm³/mol. The zero-order chi connectivity index (χ0) is 27.0. The summed E-state index contributed by atoms with van der Waals surface area (Å²) in [7, 11) is 0. The van der Waals surface area contributed by atoms with Crippen LogP contribution in [0.15, 0.2) is 72.3 Å². The average molecular weight is 531 g/mol. The lowest BCUT2D eigenvalue weighted by molar-refractivity contribution is -0.132. The topological polar surface area (TPSA) is 79.7 Å². The number of fused-ring (bicyclic) bond motifs is 1. The molecule has 1 fully saturated rings. The first-order valence-corrected chi connectivity index (χ1v) is 13.3. The summed E-state index contributed by atoms with van der Waals surface area (Å²) in [5, 5.41) is 11.7. The second-order valence-corrected chi connectivity index (χ2v) is 10.5. The first-order valence-electron chi connectivity index (χ1n) is 12.5. The maximum atomic E-state index is 13.9. The van der Waals surface area contributed by atoms with E-state index in [4.69, 9.17) is 4.74 Å². The van der Waals surface area contributed by atoms with Gasteiger partial charge in [-0.2, -0.15) is 0 Å². The van der Waals surface area contributed by atoms with E-state index in [1.807, 2.05) is 31.2 Å². The standard InChI is InChI=1S/C30H27FN2O4S/c1-4-14-37-22-7-5-6-20(15-22)27(34)25-26(19-10-8-18(9-11-19)17(2)3)33(29(36)28(25)35)30-32-23-13-12-21(31)16-24(23)38-30/h5-13,15-17,26,34H,4,14H2,1-3H3/b27-25+. The zero-order valence-electron chi connectivity index (χ0n) is 21.3. The molecule has 0 aliphatic carbocycles. The van der Waals surface area contributed by atoms with Crippen molar-refractivity contribution in [3.8, 4) is 5.75 Å². The maximum Gasteiger partial charge on any atom is 0.301 e. The van der Waals surface area contributed by atoms with Crippen molar-refractivity contribution in [2.24, 2.45) is 0 Å². The molecule has 1 saturated heterocycles. The van der Waals surface area contributed by atoms with E-state index < -0.39 is 23.5 Å². The van der Waals surface area contributed by atoms with Gasteiger partial charge in [-0.3, -0.25) is 14.5 Å². The first kappa shape index (κ1) is 25.6. The van der Waals surface area contributed by atoms with Gasteiger partial charge in [0, 0.05) is 5.56 Å². The molecule has 5 rings (SSSR count). The van der Waals surface area contributed by atoms with Gasteiger partial charge in [0.2, 0.25) is 0 Å². The van der Waals surface area contributed by atoms with Gasteiger partial charge in [-0.05, 0) is 53.8 Å². The van der Waals surface area contributed by atoms with E-state index in [2.05, 4.69) is 18.8 Å². The number of ether oxygens (including phenoxy) is 1. The number of amides is 1. The third-order valence-electron chi connectivity index (χ3n) is 6.49. The van der Waals surface area contributed by atoms with Crippen molar-refractivity contribution in [2.45, 2.75) is 39.2 Å². The second-order valence-electron chi connectivity index (χ2n) is 9.48. The Morgan fingerprint density at radius 3 is 2.58 bits per heavy atom. The summed E-state index contributed by atoms with van der Waals surface area (Å²) in [4.78, 5) is 32.8. The summed E-state index contributed by atoms with van der Waals surface area (Å²) in [6.07, 6.45) is 0.819. The number of ketones is 1. The molecule has 1 aromatic heterocycles. The Labute approximate surface area is 224 Å². The van der Waals surface area contributed by atoms with Crippen molar-refractivity contribution >= 4 is 44.1 Å². The van der Waals surface area contributed by atoms with E-state index >= 15 is 0 Å². The quantitative estimate of drug-likeness (QED) is 0.159. The van der Waals surface area contributed by atoms with Crippen LogP contribution in [0.2, 0.25) is 0 Å². The lowest BCUT2D eigenvalue weighted by Gasteiger charge is -2.23. The molecule has 1 atom stereocenters. The highest BCUT2D eigenvalue weighted by Gasteiger charge is 2.48. The van der Waals surface area contributed by atoms with Crippen LogP contribution in [0.3, 0.4) is 0 Å². The Balaban J connectivity index is 1.68. The highest BCUT2D eigenvalue weighted by Crippen LogP contribution is 2.44. The van der Waals surface area contributed by atoms with Gasteiger partial charge in [0.15, 0.2) is 5.13 Å². The Bertz CT molecular complexity index is 1560. The van der Waals surface area contributed by atoms with Gasteiger partial charge in [0.1, 0.15) is 17.3 Å². The van der Waals surface area contributed by atoms with Crippen LogP contribution in [0.5, 0.6) is 5.75 Å². The number of carbonyl (C=O) groups is 2.